The van der Waals surface area contributed by atoms with Crippen molar-refractivity contribution in [2.75, 3.05) is 5.75 Å². The van der Waals surface area contributed by atoms with Gasteiger partial charge in [0, 0.05) is 11.9 Å². The Morgan fingerprint density at radius 1 is 1.40 bits per heavy atom. The first-order valence-electron chi connectivity index (χ1n) is 6.00. The normalized spacial score (nSPS) is 11.2. The van der Waals surface area contributed by atoms with Gasteiger partial charge < -0.3 is 10.1 Å². The lowest BCUT2D eigenvalue weighted by Gasteiger charge is -1.97. The number of thioether (sulfide) groups is 1. The molecule has 0 saturated heterocycles. The van der Waals surface area contributed by atoms with Gasteiger partial charge in [-0.05, 0) is 12.1 Å². The van der Waals surface area contributed by atoms with Gasteiger partial charge in [0.15, 0.2) is 0 Å². The van der Waals surface area contributed by atoms with Crippen LogP contribution >= 0.6 is 11.8 Å². The standard InChI is InChI=1S/C13H11N3O3S/c17-11(18)5-6-20-10-7-16-12(19)8-3-1-2-4-9(8)14-13(16)15-10/h1-4,7H,5-6H2,(H,14,15)(H,17,18). The molecule has 0 aliphatic carbocycles. The number of aromatic nitrogens is 3. The van der Waals surface area contributed by atoms with Crippen molar-refractivity contribution in [3.05, 3.63) is 40.8 Å². The number of hydrogen-bond donors (Lipinski definition) is 2. The maximum absolute atomic E-state index is 12.3. The number of carboxylic acids is 1. The predicted octanol–water partition coefficient (Wildman–Crippen LogP) is 1.74. The van der Waals surface area contributed by atoms with E-state index in [1.165, 1.54) is 16.2 Å². The fraction of sp³-hybridized carbons (Fsp3) is 0.154. The van der Waals surface area contributed by atoms with Crippen LogP contribution in [0.1, 0.15) is 6.42 Å². The zero-order valence-corrected chi connectivity index (χ0v) is 11.2. The molecular formula is C13H11N3O3S. The van der Waals surface area contributed by atoms with Crippen molar-refractivity contribution < 1.29 is 9.90 Å². The van der Waals surface area contributed by atoms with Crippen molar-refractivity contribution in [3.8, 4) is 0 Å². The van der Waals surface area contributed by atoms with Gasteiger partial charge in [-0.25, -0.2) is 4.98 Å². The highest BCUT2D eigenvalue weighted by atomic mass is 32.2. The van der Waals surface area contributed by atoms with E-state index in [9.17, 15) is 9.59 Å². The summed E-state index contributed by atoms with van der Waals surface area (Å²) in [7, 11) is 0. The van der Waals surface area contributed by atoms with E-state index in [1.807, 2.05) is 18.2 Å². The molecule has 0 aliphatic heterocycles. The summed E-state index contributed by atoms with van der Waals surface area (Å²) >= 11 is 1.32. The molecule has 0 spiro atoms. The van der Waals surface area contributed by atoms with Gasteiger partial charge in [-0.3, -0.25) is 14.0 Å². The van der Waals surface area contributed by atoms with Crippen LogP contribution in [0.2, 0.25) is 0 Å². The smallest absolute Gasteiger partial charge is 0.304 e. The van der Waals surface area contributed by atoms with Crippen LogP contribution in [0.5, 0.6) is 0 Å². The average Bonchev–Trinajstić information content (AvgIpc) is 2.82. The second kappa shape index (κ2) is 5.01. The molecule has 2 heterocycles. The number of para-hydroxylation sites is 1. The van der Waals surface area contributed by atoms with Crippen LogP contribution in [0, 0.1) is 0 Å². The minimum absolute atomic E-state index is 0.0639. The summed E-state index contributed by atoms with van der Waals surface area (Å²) < 4.78 is 1.45. The highest BCUT2D eigenvalue weighted by Gasteiger charge is 2.09. The number of aromatic amines is 1. The molecule has 20 heavy (non-hydrogen) atoms. The molecule has 0 saturated carbocycles. The van der Waals surface area contributed by atoms with Crippen LogP contribution in [0.3, 0.4) is 0 Å². The number of imidazole rings is 1. The number of hydrogen-bond acceptors (Lipinski definition) is 4. The first kappa shape index (κ1) is 12.7. The van der Waals surface area contributed by atoms with Gasteiger partial charge in [0.05, 0.1) is 17.3 Å². The lowest BCUT2D eigenvalue weighted by Crippen LogP contribution is -2.12. The Labute approximate surface area is 117 Å². The van der Waals surface area contributed by atoms with Crippen molar-refractivity contribution in [3.63, 3.8) is 0 Å². The van der Waals surface area contributed by atoms with Gasteiger partial charge in [-0.15, -0.1) is 11.8 Å². The summed E-state index contributed by atoms with van der Waals surface area (Å²) in [6.07, 6.45) is 1.70. The predicted molar refractivity (Wildman–Crippen MR) is 76.3 cm³/mol. The fourth-order valence-electron chi connectivity index (χ4n) is 1.94. The first-order chi connectivity index (χ1) is 9.65. The topological polar surface area (TPSA) is 87.5 Å². The number of rotatable bonds is 4. The maximum atomic E-state index is 12.3. The lowest BCUT2D eigenvalue weighted by molar-refractivity contribution is -0.136. The Bertz CT molecular complexity index is 853. The molecular weight excluding hydrogens is 278 g/mol. The molecule has 0 radical (unpaired) electrons. The number of aliphatic carboxylic acids is 1. The molecule has 0 aliphatic rings. The highest BCUT2D eigenvalue weighted by Crippen LogP contribution is 2.18. The third-order valence-electron chi connectivity index (χ3n) is 2.87. The van der Waals surface area contributed by atoms with Crippen molar-refractivity contribution in [2.45, 2.75) is 11.4 Å². The molecule has 6 nitrogen and oxygen atoms in total. The van der Waals surface area contributed by atoms with Crippen LogP contribution in [0.25, 0.3) is 16.7 Å². The Kier molecular flexibility index (Phi) is 3.19. The summed E-state index contributed by atoms with van der Waals surface area (Å²) in [5, 5.41) is 9.84. The Balaban J connectivity index is 2.02. The van der Waals surface area contributed by atoms with Gasteiger partial charge in [0.2, 0.25) is 5.78 Å². The zero-order valence-electron chi connectivity index (χ0n) is 10.4. The van der Waals surface area contributed by atoms with Gasteiger partial charge in [-0.2, -0.15) is 0 Å². The van der Waals surface area contributed by atoms with Crippen LogP contribution in [0.4, 0.5) is 0 Å². The SMILES string of the molecule is O=C(O)CCSc1cn2c(=O)c3ccccc3[nH]c2n1. The molecule has 3 aromatic rings. The van der Waals surface area contributed by atoms with E-state index in [0.717, 1.165) is 5.52 Å². The molecule has 1 aromatic carbocycles. The van der Waals surface area contributed by atoms with Crippen molar-refractivity contribution >= 4 is 34.4 Å². The second-order valence-corrected chi connectivity index (χ2v) is 5.36. The maximum Gasteiger partial charge on any atom is 0.304 e. The molecule has 3 rings (SSSR count). The summed E-state index contributed by atoms with van der Waals surface area (Å²) in [4.78, 5) is 30.2. The summed E-state index contributed by atoms with van der Waals surface area (Å²) in [5.41, 5.74) is 0.602. The van der Waals surface area contributed by atoms with E-state index in [1.54, 1.807) is 12.3 Å². The van der Waals surface area contributed by atoms with Gasteiger partial charge in [0.1, 0.15) is 5.03 Å². The zero-order chi connectivity index (χ0) is 14.1. The van der Waals surface area contributed by atoms with Crippen molar-refractivity contribution in [1.82, 2.24) is 14.4 Å². The minimum Gasteiger partial charge on any atom is -0.481 e. The van der Waals surface area contributed by atoms with E-state index in [4.69, 9.17) is 5.11 Å². The van der Waals surface area contributed by atoms with Crippen LogP contribution < -0.4 is 5.56 Å². The van der Waals surface area contributed by atoms with Crippen LogP contribution in [-0.2, 0) is 4.79 Å². The average molecular weight is 289 g/mol. The molecule has 0 amide bonds. The Hall–Kier alpha value is -2.28. The van der Waals surface area contributed by atoms with Crippen LogP contribution in [0.15, 0.2) is 40.3 Å². The number of fused-ring (bicyclic) bond motifs is 2. The monoisotopic (exact) mass is 289 g/mol. The number of nitrogens with zero attached hydrogens (tertiary/aromatic N) is 2. The molecule has 0 atom stereocenters. The molecule has 102 valence electrons. The second-order valence-electron chi connectivity index (χ2n) is 4.24. The van der Waals surface area contributed by atoms with Gasteiger partial charge in [0.25, 0.3) is 5.56 Å². The van der Waals surface area contributed by atoms with E-state index in [-0.39, 0.29) is 12.0 Å². The summed E-state index contributed by atoms with van der Waals surface area (Å²) in [5.74, 6) is 0.0435. The summed E-state index contributed by atoms with van der Waals surface area (Å²) in [6.45, 7) is 0. The number of H-pyrrole nitrogens is 1. The van der Waals surface area contributed by atoms with Crippen molar-refractivity contribution in [2.24, 2.45) is 0 Å². The van der Waals surface area contributed by atoms with E-state index in [2.05, 4.69) is 9.97 Å². The quantitative estimate of drug-likeness (QED) is 0.714. The van der Waals surface area contributed by atoms with E-state index >= 15 is 0 Å². The Morgan fingerprint density at radius 2 is 2.20 bits per heavy atom. The largest absolute Gasteiger partial charge is 0.481 e. The highest BCUT2D eigenvalue weighted by molar-refractivity contribution is 7.99. The van der Waals surface area contributed by atoms with Crippen molar-refractivity contribution in [1.29, 1.82) is 0 Å². The Morgan fingerprint density at radius 3 is 3.00 bits per heavy atom. The third-order valence-corrected chi connectivity index (χ3v) is 3.77. The summed E-state index contributed by atoms with van der Waals surface area (Å²) in [6, 6.07) is 7.23. The fourth-order valence-corrected chi connectivity index (χ4v) is 2.76. The lowest BCUT2D eigenvalue weighted by atomic mass is 10.2. The molecule has 0 fully saturated rings. The number of nitrogens with one attached hydrogen (secondary N) is 1. The van der Waals surface area contributed by atoms with Gasteiger partial charge in [-0.1, -0.05) is 12.1 Å². The third kappa shape index (κ3) is 2.27. The molecule has 0 unspecified atom stereocenters. The molecule has 2 N–H and O–H groups in total. The minimum atomic E-state index is -0.844. The number of benzene rings is 1. The van der Waals surface area contributed by atoms with E-state index in [0.29, 0.717) is 21.9 Å². The molecule has 0 bridgehead atoms. The first-order valence-corrected chi connectivity index (χ1v) is 6.98. The molecule has 7 heteroatoms. The van der Waals surface area contributed by atoms with Crippen LogP contribution in [-0.4, -0.2) is 31.2 Å². The number of carboxylic acid groups (broad SMARTS) is 1. The number of carbonyl (C=O) groups is 1. The molecule has 2 aromatic heterocycles. The van der Waals surface area contributed by atoms with E-state index < -0.39 is 5.97 Å². The van der Waals surface area contributed by atoms with Gasteiger partial charge >= 0.3 is 5.97 Å².